The first-order valence-electron chi connectivity index (χ1n) is 5.06. The molecule has 0 fully saturated rings. The van der Waals surface area contributed by atoms with Crippen molar-refractivity contribution < 1.29 is 0 Å². The third-order valence-corrected chi connectivity index (χ3v) is 2.95. The van der Waals surface area contributed by atoms with Crippen molar-refractivity contribution in [2.75, 3.05) is 0 Å². The van der Waals surface area contributed by atoms with Gasteiger partial charge in [0.2, 0.25) is 0 Å². The Bertz CT molecular complexity index is 230. The zero-order valence-electron chi connectivity index (χ0n) is 8.06. The second kappa shape index (κ2) is 3.08. The molecule has 0 heterocycles. The molecule has 0 spiro atoms. The van der Waals surface area contributed by atoms with E-state index in [1.165, 1.54) is 25.7 Å². The summed E-state index contributed by atoms with van der Waals surface area (Å²) in [4.78, 5) is 0. The summed E-state index contributed by atoms with van der Waals surface area (Å²) in [6, 6.07) is 0. The monoisotopic (exact) mass is 161 g/mol. The average Bonchev–Trinajstić information content (AvgIpc) is 2.47. The Morgan fingerprint density at radius 2 is 1.83 bits per heavy atom. The highest BCUT2D eigenvalue weighted by Crippen LogP contribution is 2.40. The summed E-state index contributed by atoms with van der Waals surface area (Å²) in [6.07, 6.45) is 10.1. The van der Waals surface area contributed by atoms with Gasteiger partial charge in [-0.2, -0.15) is 0 Å². The van der Waals surface area contributed by atoms with Crippen molar-refractivity contribution in [3.63, 3.8) is 0 Å². The van der Waals surface area contributed by atoms with Crippen LogP contribution in [0, 0.1) is 11.8 Å². The fourth-order valence-corrected chi connectivity index (χ4v) is 2.27. The van der Waals surface area contributed by atoms with Gasteiger partial charge in [0.05, 0.1) is 0 Å². The highest BCUT2D eigenvalue weighted by Gasteiger charge is 2.25. The molecule has 0 heteroatoms. The Morgan fingerprint density at radius 3 is 2.58 bits per heavy atom. The van der Waals surface area contributed by atoms with Crippen LogP contribution < -0.4 is 0 Å². The molecule has 0 aromatic carbocycles. The van der Waals surface area contributed by atoms with Gasteiger partial charge < -0.3 is 0 Å². The van der Waals surface area contributed by atoms with Crippen molar-refractivity contribution in [3.05, 3.63) is 29.2 Å². The van der Waals surface area contributed by atoms with Crippen molar-refractivity contribution in [1.29, 1.82) is 0 Å². The SMILES string of the molecule is CC(C)[C]1C=CC2=C1CCCC2. The van der Waals surface area contributed by atoms with Crippen molar-refractivity contribution in [2.45, 2.75) is 39.5 Å². The van der Waals surface area contributed by atoms with Gasteiger partial charge in [0.15, 0.2) is 0 Å². The zero-order valence-corrected chi connectivity index (χ0v) is 8.06. The van der Waals surface area contributed by atoms with E-state index < -0.39 is 0 Å². The van der Waals surface area contributed by atoms with Crippen LogP contribution in [-0.2, 0) is 0 Å². The Balaban J connectivity index is 2.21. The van der Waals surface area contributed by atoms with Crippen molar-refractivity contribution in [1.82, 2.24) is 0 Å². The minimum Gasteiger partial charge on any atom is -0.0725 e. The van der Waals surface area contributed by atoms with Crippen LogP contribution >= 0.6 is 0 Å². The molecule has 12 heavy (non-hydrogen) atoms. The Kier molecular flexibility index (Phi) is 2.08. The van der Waals surface area contributed by atoms with E-state index in [4.69, 9.17) is 0 Å². The standard InChI is InChI=1S/C12H17/c1-9(2)11-8-7-10-5-3-4-6-12(10)11/h7-9H,3-6H2,1-2H3. The van der Waals surface area contributed by atoms with Crippen molar-refractivity contribution in [3.8, 4) is 0 Å². The lowest BCUT2D eigenvalue weighted by atomic mass is 9.83. The maximum atomic E-state index is 2.34. The summed E-state index contributed by atoms with van der Waals surface area (Å²) in [5.41, 5.74) is 3.31. The largest absolute Gasteiger partial charge is 0.0725 e. The summed E-state index contributed by atoms with van der Waals surface area (Å²) in [6.45, 7) is 4.59. The fourth-order valence-electron chi connectivity index (χ4n) is 2.27. The van der Waals surface area contributed by atoms with E-state index in [1.54, 1.807) is 17.1 Å². The van der Waals surface area contributed by atoms with Gasteiger partial charge in [0, 0.05) is 5.92 Å². The van der Waals surface area contributed by atoms with Gasteiger partial charge in [0.1, 0.15) is 0 Å². The van der Waals surface area contributed by atoms with E-state index in [1.807, 2.05) is 0 Å². The summed E-state index contributed by atoms with van der Waals surface area (Å²) < 4.78 is 0. The number of hydrogen-bond donors (Lipinski definition) is 0. The highest BCUT2D eigenvalue weighted by atomic mass is 14.3. The van der Waals surface area contributed by atoms with Crippen LogP contribution in [0.5, 0.6) is 0 Å². The molecule has 2 aliphatic rings. The molecular weight excluding hydrogens is 144 g/mol. The van der Waals surface area contributed by atoms with Crippen LogP contribution in [0.4, 0.5) is 0 Å². The topological polar surface area (TPSA) is 0 Å². The molecule has 0 nitrogen and oxygen atoms in total. The summed E-state index contributed by atoms with van der Waals surface area (Å²) in [7, 11) is 0. The lowest BCUT2D eigenvalue weighted by Crippen LogP contribution is -2.07. The zero-order chi connectivity index (χ0) is 8.55. The molecule has 0 N–H and O–H groups in total. The van der Waals surface area contributed by atoms with Crippen LogP contribution in [0.15, 0.2) is 23.3 Å². The van der Waals surface area contributed by atoms with Crippen LogP contribution in [0.25, 0.3) is 0 Å². The van der Waals surface area contributed by atoms with Gasteiger partial charge in [-0.05, 0) is 37.2 Å². The molecule has 0 aliphatic heterocycles. The Hall–Kier alpha value is -0.520. The second-order valence-electron chi connectivity index (χ2n) is 4.15. The molecule has 0 bridgehead atoms. The molecule has 0 amide bonds. The molecule has 65 valence electrons. The minimum atomic E-state index is 0.715. The number of rotatable bonds is 1. The normalized spacial score (nSPS) is 23.9. The molecule has 2 aliphatic carbocycles. The summed E-state index contributed by atoms with van der Waals surface area (Å²) in [5, 5.41) is 0. The van der Waals surface area contributed by atoms with Gasteiger partial charge in [-0.25, -0.2) is 0 Å². The quantitative estimate of drug-likeness (QED) is 0.550. The highest BCUT2D eigenvalue weighted by molar-refractivity contribution is 5.50. The van der Waals surface area contributed by atoms with E-state index >= 15 is 0 Å². The van der Waals surface area contributed by atoms with Gasteiger partial charge in [-0.15, -0.1) is 0 Å². The Labute approximate surface area is 75.4 Å². The van der Waals surface area contributed by atoms with E-state index in [-0.39, 0.29) is 0 Å². The van der Waals surface area contributed by atoms with Gasteiger partial charge in [-0.3, -0.25) is 0 Å². The summed E-state index contributed by atoms with van der Waals surface area (Å²) in [5.74, 6) is 2.32. The van der Waals surface area contributed by atoms with Crippen LogP contribution in [0.3, 0.4) is 0 Å². The van der Waals surface area contributed by atoms with Gasteiger partial charge in [-0.1, -0.05) is 31.6 Å². The molecule has 0 saturated carbocycles. The molecule has 0 saturated heterocycles. The molecule has 0 aromatic heterocycles. The fraction of sp³-hybridized carbons (Fsp3) is 0.583. The van der Waals surface area contributed by atoms with E-state index in [9.17, 15) is 0 Å². The maximum absolute atomic E-state index is 2.34. The lowest BCUT2D eigenvalue weighted by molar-refractivity contribution is 0.640. The molecule has 0 unspecified atom stereocenters. The predicted octanol–water partition coefficient (Wildman–Crippen LogP) is 3.66. The van der Waals surface area contributed by atoms with Crippen LogP contribution in [0.1, 0.15) is 39.5 Å². The van der Waals surface area contributed by atoms with E-state index in [2.05, 4.69) is 26.0 Å². The van der Waals surface area contributed by atoms with Crippen LogP contribution in [-0.4, -0.2) is 0 Å². The third-order valence-electron chi connectivity index (χ3n) is 2.95. The average molecular weight is 161 g/mol. The third kappa shape index (κ3) is 1.24. The molecular formula is C12H17. The molecule has 0 atom stereocenters. The molecule has 2 rings (SSSR count). The van der Waals surface area contributed by atoms with Crippen molar-refractivity contribution in [2.24, 2.45) is 5.92 Å². The first kappa shape index (κ1) is 8.10. The first-order valence-corrected chi connectivity index (χ1v) is 5.06. The second-order valence-corrected chi connectivity index (χ2v) is 4.15. The summed E-state index contributed by atoms with van der Waals surface area (Å²) >= 11 is 0. The van der Waals surface area contributed by atoms with Gasteiger partial charge in [0.25, 0.3) is 0 Å². The number of allylic oxidation sites excluding steroid dienone is 4. The minimum absolute atomic E-state index is 0.715. The predicted molar refractivity (Wildman–Crippen MR) is 52.7 cm³/mol. The molecule has 0 aromatic rings. The van der Waals surface area contributed by atoms with Gasteiger partial charge >= 0.3 is 0 Å². The smallest absolute Gasteiger partial charge is 0.0254 e. The maximum Gasteiger partial charge on any atom is 0.0254 e. The number of hydrogen-bond acceptors (Lipinski definition) is 0. The molecule has 1 radical (unpaired) electrons. The Morgan fingerprint density at radius 1 is 1.08 bits per heavy atom. The van der Waals surface area contributed by atoms with E-state index in [0.717, 1.165) is 0 Å². The first-order chi connectivity index (χ1) is 5.79. The van der Waals surface area contributed by atoms with E-state index in [0.29, 0.717) is 5.92 Å². The van der Waals surface area contributed by atoms with Crippen molar-refractivity contribution >= 4 is 0 Å². The lowest BCUT2D eigenvalue weighted by Gasteiger charge is -2.21. The van der Waals surface area contributed by atoms with Crippen LogP contribution in [0.2, 0.25) is 0 Å².